The third-order valence-electron chi connectivity index (χ3n) is 5.18. The molecule has 1 saturated heterocycles. The molecule has 1 aliphatic heterocycles. The van der Waals surface area contributed by atoms with E-state index in [-0.39, 0.29) is 24.3 Å². The molecule has 25 heavy (non-hydrogen) atoms. The molecule has 0 bridgehead atoms. The van der Waals surface area contributed by atoms with Gasteiger partial charge in [0.15, 0.2) is 0 Å². The van der Waals surface area contributed by atoms with Crippen LogP contribution in [-0.4, -0.2) is 34.8 Å². The molecule has 3 rings (SSSR count). The molecule has 2 aliphatic rings. The normalized spacial score (nSPS) is 26.0. The first-order valence-electron chi connectivity index (χ1n) is 8.57. The summed E-state index contributed by atoms with van der Waals surface area (Å²) in [6.45, 7) is 2.02. The number of nitrogens with one attached hydrogen (secondary N) is 2. The minimum absolute atomic E-state index is 0.0808. The summed E-state index contributed by atoms with van der Waals surface area (Å²) in [6.07, 6.45) is 3.51. The largest absolute Gasteiger partial charge is 0.350 e. The smallest absolute Gasteiger partial charge is 0.325 e. The van der Waals surface area contributed by atoms with E-state index in [1.165, 1.54) is 0 Å². The predicted octanol–water partition coefficient (Wildman–Crippen LogP) is 2.46. The van der Waals surface area contributed by atoms with Crippen LogP contribution in [0.25, 0.3) is 0 Å². The maximum Gasteiger partial charge on any atom is 0.325 e. The lowest BCUT2D eigenvalue weighted by molar-refractivity contribution is -0.137. The third kappa shape index (κ3) is 3.49. The van der Waals surface area contributed by atoms with E-state index in [4.69, 9.17) is 11.6 Å². The summed E-state index contributed by atoms with van der Waals surface area (Å²) in [5.74, 6) is -0.566. The molecule has 0 radical (unpaired) electrons. The molecule has 2 N–H and O–H groups in total. The minimum atomic E-state index is -0.831. The predicted molar refractivity (Wildman–Crippen MR) is 93.9 cm³/mol. The molecule has 0 aromatic heterocycles. The van der Waals surface area contributed by atoms with E-state index in [1.54, 1.807) is 18.2 Å². The molecular formula is C18H22ClN3O3. The number of imide groups is 1. The second kappa shape index (κ2) is 7.04. The monoisotopic (exact) mass is 363 g/mol. The van der Waals surface area contributed by atoms with Crippen molar-refractivity contribution in [1.82, 2.24) is 15.5 Å². The van der Waals surface area contributed by atoms with Crippen LogP contribution in [0.15, 0.2) is 24.3 Å². The van der Waals surface area contributed by atoms with E-state index in [0.717, 1.165) is 29.7 Å². The minimum Gasteiger partial charge on any atom is -0.350 e. The van der Waals surface area contributed by atoms with Crippen LogP contribution in [0, 0.1) is 5.92 Å². The quantitative estimate of drug-likeness (QED) is 0.806. The highest BCUT2D eigenvalue weighted by Crippen LogP contribution is 2.38. The summed E-state index contributed by atoms with van der Waals surface area (Å²) in [7, 11) is 0. The van der Waals surface area contributed by atoms with Crippen molar-refractivity contribution in [3.63, 3.8) is 0 Å². The molecule has 7 heteroatoms. The van der Waals surface area contributed by atoms with Crippen molar-refractivity contribution in [3.05, 3.63) is 34.9 Å². The fourth-order valence-corrected chi connectivity index (χ4v) is 3.90. The van der Waals surface area contributed by atoms with Crippen molar-refractivity contribution >= 4 is 29.4 Å². The number of benzene rings is 1. The Morgan fingerprint density at radius 2 is 2.20 bits per heavy atom. The summed E-state index contributed by atoms with van der Waals surface area (Å²) >= 11 is 5.91. The van der Waals surface area contributed by atoms with Gasteiger partial charge in [0, 0.05) is 11.6 Å². The van der Waals surface area contributed by atoms with Gasteiger partial charge in [-0.3, -0.25) is 14.5 Å². The maximum absolute atomic E-state index is 12.8. The van der Waals surface area contributed by atoms with E-state index in [1.807, 2.05) is 13.0 Å². The highest BCUT2D eigenvalue weighted by atomic mass is 35.5. The van der Waals surface area contributed by atoms with Crippen LogP contribution >= 0.6 is 11.6 Å². The molecule has 1 aromatic rings. The van der Waals surface area contributed by atoms with Crippen LogP contribution in [-0.2, 0) is 16.1 Å². The molecular weight excluding hydrogens is 342 g/mol. The first-order chi connectivity index (χ1) is 11.9. The fraction of sp³-hybridized carbons (Fsp3) is 0.500. The summed E-state index contributed by atoms with van der Waals surface area (Å²) < 4.78 is 0. The molecule has 6 nitrogen and oxygen atoms in total. The molecule has 2 atom stereocenters. The van der Waals surface area contributed by atoms with E-state index in [0.29, 0.717) is 18.0 Å². The van der Waals surface area contributed by atoms with Crippen molar-refractivity contribution in [2.75, 3.05) is 6.54 Å². The summed E-state index contributed by atoms with van der Waals surface area (Å²) in [5, 5.41) is 6.16. The Morgan fingerprint density at radius 3 is 2.92 bits per heavy atom. The topological polar surface area (TPSA) is 78.5 Å². The number of rotatable bonds is 4. The van der Waals surface area contributed by atoms with Crippen LogP contribution in [0.3, 0.4) is 0 Å². The van der Waals surface area contributed by atoms with Crippen LogP contribution in [0.4, 0.5) is 4.79 Å². The van der Waals surface area contributed by atoms with Crippen molar-refractivity contribution < 1.29 is 14.4 Å². The van der Waals surface area contributed by atoms with Crippen LogP contribution in [0.1, 0.15) is 38.2 Å². The Morgan fingerprint density at radius 1 is 1.40 bits per heavy atom. The Labute approximate surface area is 151 Å². The van der Waals surface area contributed by atoms with Gasteiger partial charge in [0.1, 0.15) is 12.1 Å². The Kier molecular flexibility index (Phi) is 4.99. The second-order valence-corrected chi connectivity index (χ2v) is 7.28. The van der Waals surface area contributed by atoms with Gasteiger partial charge in [-0.1, -0.05) is 43.5 Å². The average Bonchev–Trinajstić information content (AvgIpc) is 2.81. The summed E-state index contributed by atoms with van der Waals surface area (Å²) in [5.41, 5.74) is 0.0261. The van der Waals surface area contributed by atoms with Crippen molar-refractivity contribution in [2.24, 2.45) is 5.92 Å². The molecule has 1 aromatic carbocycles. The number of hydrogen-bond acceptors (Lipinski definition) is 3. The number of amides is 4. The van der Waals surface area contributed by atoms with E-state index in [9.17, 15) is 14.4 Å². The first kappa shape index (κ1) is 17.7. The molecule has 0 unspecified atom stereocenters. The highest BCUT2D eigenvalue weighted by Gasteiger charge is 2.55. The van der Waals surface area contributed by atoms with Gasteiger partial charge in [-0.25, -0.2) is 4.79 Å². The Balaban J connectivity index is 1.61. The molecule has 4 amide bonds. The lowest BCUT2D eigenvalue weighted by Gasteiger charge is -2.36. The van der Waals surface area contributed by atoms with Crippen molar-refractivity contribution in [3.8, 4) is 0 Å². The lowest BCUT2D eigenvalue weighted by atomic mass is 9.73. The summed E-state index contributed by atoms with van der Waals surface area (Å²) in [6, 6.07) is 6.68. The zero-order valence-corrected chi connectivity index (χ0v) is 14.9. The van der Waals surface area contributed by atoms with Gasteiger partial charge < -0.3 is 10.6 Å². The van der Waals surface area contributed by atoms with Gasteiger partial charge >= 0.3 is 6.03 Å². The van der Waals surface area contributed by atoms with E-state index < -0.39 is 11.6 Å². The van der Waals surface area contributed by atoms with Gasteiger partial charge in [0.05, 0.1) is 0 Å². The third-order valence-corrected chi connectivity index (χ3v) is 5.42. The number of halogens is 1. The molecule has 2 fully saturated rings. The second-order valence-electron chi connectivity index (χ2n) is 6.85. The van der Waals surface area contributed by atoms with Gasteiger partial charge in [-0.2, -0.15) is 0 Å². The number of carbonyl (C=O) groups excluding carboxylic acids is 3. The molecule has 1 aliphatic carbocycles. The molecule has 134 valence electrons. The first-order valence-corrected chi connectivity index (χ1v) is 8.95. The summed E-state index contributed by atoms with van der Waals surface area (Å²) in [4.78, 5) is 38.3. The zero-order valence-electron chi connectivity index (χ0n) is 14.2. The molecule has 1 spiro atoms. The highest BCUT2D eigenvalue weighted by molar-refractivity contribution is 6.30. The van der Waals surface area contributed by atoms with Crippen molar-refractivity contribution in [1.29, 1.82) is 0 Å². The average molecular weight is 364 g/mol. The SMILES string of the molecule is C[C@@H]1CCCC[C@@]12NC(=O)N(CC(=O)NCc1cccc(Cl)c1)C2=O. The zero-order chi connectivity index (χ0) is 18.0. The van der Waals surface area contributed by atoms with E-state index in [2.05, 4.69) is 10.6 Å². The van der Waals surface area contributed by atoms with E-state index >= 15 is 0 Å². The Hall–Kier alpha value is -2.08. The van der Waals surface area contributed by atoms with Gasteiger partial charge in [0.25, 0.3) is 5.91 Å². The molecule has 1 heterocycles. The van der Waals surface area contributed by atoms with Gasteiger partial charge in [-0.05, 0) is 36.5 Å². The maximum atomic E-state index is 12.8. The van der Waals surface area contributed by atoms with Crippen LogP contribution in [0.2, 0.25) is 5.02 Å². The number of hydrogen-bond donors (Lipinski definition) is 2. The van der Waals surface area contributed by atoms with Crippen LogP contribution < -0.4 is 10.6 Å². The van der Waals surface area contributed by atoms with Crippen molar-refractivity contribution in [2.45, 2.75) is 44.7 Å². The number of nitrogens with zero attached hydrogens (tertiary/aromatic N) is 1. The van der Waals surface area contributed by atoms with Crippen LogP contribution in [0.5, 0.6) is 0 Å². The standard InChI is InChI=1S/C18H22ClN3O3/c1-12-5-2-3-8-18(12)16(24)22(17(25)21-18)11-15(23)20-10-13-6-4-7-14(19)9-13/h4,6-7,9,12H,2-3,5,8,10-11H2,1H3,(H,20,23)(H,21,25)/t12-,18-/m1/s1. The Bertz CT molecular complexity index is 709. The lowest BCUT2D eigenvalue weighted by Crippen LogP contribution is -2.54. The van der Waals surface area contributed by atoms with Gasteiger partial charge in [-0.15, -0.1) is 0 Å². The fourth-order valence-electron chi connectivity index (χ4n) is 3.69. The number of carbonyl (C=O) groups is 3. The van der Waals surface area contributed by atoms with Gasteiger partial charge in [0.2, 0.25) is 5.91 Å². The molecule has 1 saturated carbocycles. The number of urea groups is 1.